The molecule has 2 aliphatic heterocycles. The van der Waals surface area contributed by atoms with Gasteiger partial charge in [-0.25, -0.2) is 0 Å². The van der Waals surface area contributed by atoms with E-state index in [-0.39, 0.29) is 16.6 Å². The lowest BCUT2D eigenvalue weighted by Gasteiger charge is -2.47. The number of thioether (sulfide) groups is 1. The van der Waals surface area contributed by atoms with Crippen molar-refractivity contribution in [2.24, 2.45) is 0 Å². The van der Waals surface area contributed by atoms with Crippen LogP contribution in [0.1, 0.15) is 59.7 Å². The number of benzene rings is 3. The first-order valence-electron chi connectivity index (χ1n) is 14.7. The summed E-state index contributed by atoms with van der Waals surface area (Å²) in [5.41, 5.74) is 3.62. The van der Waals surface area contributed by atoms with Crippen LogP contribution in [0.4, 0.5) is 0 Å². The summed E-state index contributed by atoms with van der Waals surface area (Å²) in [6.45, 7) is 4.95. The lowest BCUT2D eigenvalue weighted by atomic mass is 9.82. The second-order valence-electron chi connectivity index (χ2n) is 11.5. The highest BCUT2D eigenvalue weighted by Crippen LogP contribution is 2.53. The average molecular weight is 625 g/mol. The SMILES string of the molecule is CCC(=O)N(C)C[C@](CCN1CCC2(CC1)SCc1ccccc12)(c1ccc(Cl)c(Cl)c1)N(C)C(=O)c1ccccc1. The fourth-order valence-electron chi connectivity index (χ4n) is 6.57. The van der Waals surface area contributed by atoms with E-state index >= 15 is 0 Å². The van der Waals surface area contributed by atoms with Gasteiger partial charge in [0.15, 0.2) is 0 Å². The zero-order valence-electron chi connectivity index (χ0n) is 24.6. The molecule has 222 valence electrons. The molecular formula is C34H39Cl2N3O2S. The van der Waals surface area contributed by atoms with Crippen molar-refractivity contribution in [1.29, 1.82) is 0 Å². The Hall–Kier alpha value is -2.51. The second-order valence-corrected chi connectivity index (χ2v) is 13.7. The Bertz CT molecular complexity index is 1430. The summed E-state index contributed by atoms with van der Waals surface area (Å²) in [5, 5.41) is 0.889. The molecule has 2 amide bonds. The first-order valence-corrected chi connectivity index (χ1v) is 16.4. The van der Waals surface area contributed by atoms with Crippen molar-refractivity contribution >= 4 is 46.8 Å². The van der Waals surface area contributed by atoms with Crippen LogP contribution in [0, 0.1) is 0 Å². The summed E-state index contributed by atoms with van der Waals surface area (Å²) >= 11 is 15.0. The molecule has 2 heterocycles. The highest BCUT2D eigenvalue weighted by Gasteiger charge is 2.44. The van der Waals surface area contributed by atoms with Gasteiger partial charge in [-0.05, 0) is 73.3 Å². The van der Waals surface area contributed by atoms with Gasteiger partial charge in [-0.15, -0.1) is 11.8 Å². The third kappa shape index (κ3) is 6.10. The van der Waals surface area contributed by atoms with Crippen LogP contribution in [0.15, 0.2) is 72.8 Å². The number of nitrogens with zero attached hydrogens (tertiary/aromatic N) is 3. The number of piperidine rings is 1. The quantitative estimate of drug-likeness (QED) is 0.248. The second kappa shape index (κ2) is 13.0. The number of likely N-dealkylation sites (tertiary alicyclic amines) is 1. The van der Waals surface area contributed by atoms with E-state index in [4.69, 9.17) is 23.2 Å². The average Bonchev–Trinajstić information content (AvgIpc) is 3.38. The summed E-state index contributed by atoms with van der Waals surface area (Å²) in [6, 6.07) is 23.8. The van der Waals surface area contributed by atoms with Crippen molar-refractivity contribution in [2.45, 2.75) is 48.6 Å². The molecule has 5 rings (SSSR count). The Morgan fingerprint density at radius 2 is 1.64 bits per heavy atom. The van der Waals surface area contributed by atoms with E-state index in [0.29, 0.717) is 35.0 Å². The van der Waals surface area contributed by atoms with Crippen LogP contribution in [-0.2, 0) is 20.8 Å². The number of halogens is 2. The summed E-state index contributed by atoms with van der Waals surface area (Å²) in [6.07, 6.45) is 3.22. The Kier molecular flexibility index (Phi) is 9.58. The lowest BCUT2D eigenvalue weighted by Crippen LogP contribution is -2.56. The molecule has 5 nitrogen and oxygen atoms in total. The van der Waals surface area contributed by atoms with E-state index in [1.165, 1.54) is 11.1 Å². The Morgan fingerprint density at radius 1 is 0.952 bits per heavy atom. The topological polar surface area (TPSA) is 43.9 Å². The number of carbonyl (C=O) groups excluding carboxylic acids is 2. The molecule has 0 radical (unpaired) electrons. The van der Waals surface area contributed by atoms with Crippen LogP contribution < -0.4 is 0 Å². The fraction of sp³-hybridized carbons (Fsp3) is 0.412. The standard InChI is InChI=1S/C34H39Cl2N3O2S/c1-4-31(40)37(2)24-33(27-14-15-29(35)30(36)22-27,38(3)32(41)25-10-6-5-7-11-25)16-19-39-20-17-34(18-21-39)28-13-9-8-12-26(28)23-42-34/h5-15,22H,4,16-21,23-24H2,1-3H3/t33-/m1/s1. The van der Waals surface area contributed by atoms with Gasteiger partial charge in [-0.1, -0.05) is 78.7 Å². The van der Waals surface area contributed by atoms with Crippen molar-refractivity contribution in [1.82, 2.24) is 14.7 Å². The van der Waals surface area contributed by atoms with Gasteiger partial charge in [0.25, 0.3) is 5.91 Å². The van der Waals surface area contributed by atoms with Gasteiger partial charge < -0.3 is 14.7 Å². The van der Waals surface area contributed by atoms with E-state index in [1.807, 2.05) is 68.4 Å². The largest absolute Gasteiger partial charge is 0.343 e. The number of rotatable bonds is 9. The molecule has 0 aliphatic carbocycles. The monoisotopic (exact) mass is 623 g/mol. The number of likely N-dealkylation sites (N-methyl/N-ethyl adjacent to an activating group) is 2. The molecule has 3 aromatic carbocycles. The molecule has 1 atom stereocenters. The predicted octanol–water partition coefficient (Wildman–Crippen LogP) is 7.46. The van der Waals surface area contributed by atoms with Crippen molar-refractivity contribution < 1.29 is 9.59 Å². The maximum atomic E-state index is 14.0. The van der Waals surface area contributed by atoms with Crippen LogP contribution in [0.2, 0.25) is 10.0 Å². The van der Waals surface area contributed by atoms with E-state index in [1.54, 1.807) is 11.0 Å². The first-order chi connectivity index (χ1) is 20.2. The first kappa shape index (κ1) is 30.9. The third-order valence-corrected chi connectivity index (χ3v) is 11.5. The minimum absolute atomic E-state index is 0.0248. The highest BCUT2D eigenvalue weighted by atomic mass is 35.5. The van der Waals surface area contributed by atoms with E-state index < -0.39 is 5.54 Å². The predicted molar refractivity (Wildman–Crippen MR) is 174 cm³/mol. The van der Waals surface area contributed by atoms with Crippen molar-refractivity contribution in [3.05, 3.63) is 105 Å². The molecule has 1 spiro atoms. The number of carbonyl (C=O) groups is 2. The number of fused-ring (bicyclic) bond motifs is 2. The van der Waals surface area contributed by atoms with E-state index in [2.05, 4.69) is 40.9 Å². The molecule has 8 heteroatoms. The van der Waals surface area contributed by atoms with E-state index in [0.717, 1.165) is 43.8 Å². The molecule has 1 saturated heterocycles. The van der Waals surface area contributed by atoms with Gasteiger partial charge in [0.1, 0.15) is 0 Å². The zero-order valence-corrected chi connectivity index (χ0v) is 26.9. The fourth-order valence-corrected chi connectivity index (χ4v) is 8.37. The van der Waals surface area contributed by atoms with Crippen LogP contribution >= 0.6 is 35.0 Å². The van der Waals surface area contributed by atoms with Crippen LogP contribution in [0.25, 0.3) is 0 Å². The minimum Gasteiger partial charge on any atom is -0.343 e. The van der Waals surface area contributed by atoms with Gasteiger partial charge in [0.2, 0.25) is 5.91 Å². The van der Waals surface area contributed by atoms with Crippen molar-refractivity contribution in [2.75, 3.05) is 40.3 Å². The Labute approximate surface area is 264 Å². The maximum Gasteiger partial charge on any atom is 0.254 e. The third-order valence-electron chi connectivity index (χ3n) is 9.17. The van der Waals surface area contributed by atoms with Crippen LogP contribution in [-0.4, -0.2) is 66.8 Å². The molecule has 0 N–H and O–H groups in total. The molecular weight excluding hydrogens is 585 g/mol. The summed E-state index contributed by atoms with van der Waals surface area (Å²) in [5.74, 6) is 1.01. The van der Waals surface area contributed by atoms with Gasteiger partial charge in [-0.3, -0.25) is 9.59 Å². The van der Waals surface area contributed by atoms with Crippen molar-refractivity contribution in [3.63, 3.8) is 0 Å². The van der Waals surface area contributed by atoms with Gasteiger partial charge in [0, 0.05) is 49.7 Å². The molecule has 1 fully saturated rings. The minimum atomic E-state index is -0.829. The summed E-state index contributed by atoms with van der Waals surface area (Å²) in [4.78, 5) is 33.0. The summed E-state index contributed by atoms with van der Waals surface area (Å²) in [7, 11) is 3.66. The normalized spacial score (nSPS) is 17.5. The molecule has 0 aromatic heterocycles. The summed E-state index contributed by atoms with van der Waals surface area (Å²) < 4.78 is 0.196. The number of amides is 2. The highest BCUT2D eigenvalue weighted by molar-refractivity contribution is 7.99. The van der Waals surface area contributed by atoms with Gasteiger partial charge >= 0.3 is 0 Å². The Balaban J connectivity index is 1.46. The lowest BCUT2D eigenvalue weighted by molar-refractivity contribution is -0.131. The zero-order chi connectivity index (χ0) is 29.9. The molecule has 3 aromatic rings. The van der Waals surface area contributed by atoms with Crippen LogP contribution in [0.3, 0.4) is 0 Å². The van der Waals surface area contributed by atoms with Crippen molar-refractivity contribution in [3.8, 4) is 0 Å². The molecule has 2 aliphatic rings. The van der Waals surface area contributed by atoms with E-state index in [9.17, 15) is 9.59 Å². The smallest absolute Gasteiger partial charge is 0.254 e. The number of hydrogen-bond acceptors (Lipinski definition) is 4. The maximum absolute atomic E-state index is 14.0. The number of hydrogen-bond donors (Lipinski definition) is 0. The molecule has 0 unspecified atom stereocenters. The van der Waals surface area contributed by atoms with Gasteiger partial charge in [-0.2, -0.15) is 0 Å². The molecule has 42 heavy (non-hydrogen) atoms. The molecule has 0 bridgehead atoms. The van der Waals surface area contributed by atoms with Gasteiger partial charge in [0.05, 0.1) is 15.6 Å². The molecule has 0 saturated carbocycles. The Morgan fingerprint density at radius 3 is 2.33 bits per heavy atom. The van der Waals surface area contributed by atoms with Crippen LogP contribution in [0.5, 0.6) is 0 Å².